The molecule has 1 unspecified atom stereocenters. The quantitative estimate of drug-likeness (QED) is 0.818. The average Bonchev–Trinajstić information content (AvgIpc) is 2.69. The first-order valence-electron chi connectivity index (χ1n) is 6.06. The van der Waals surface area contributed by atoms with E-state index in [4.69, 9.17) is 0 Å². The number of rotatable bonds is 2. The summed E-state index contributed by atoms with van der Waals surface area (Å²) in [5.41, 5.74) is 1.14. The fraction of sp³-hybridized carbons (Fsp3) is 0.357. The molecule has 2 aliphatic rings. The minimum Gasteiger partial charge on any atom is -0.327 e. The molecule has 1 aromatic carbocycles. The lowest BCUT2D eigenvalue weighted by Crippen LogP contribution is -2.60. The normalized spacial score (nSPS) is 27.3. The van der Waals surface area contributed by atoms with Crippen LogP contribution in [0.15, 0.2) is 42.5 Å². The Labute approximate surface area is 101 Å². The molecule has 0 spiro atoms. The maximum absolute atomic E-state index is 11.8. The number of nitrogens with one attached hydrogen (secondary N) is 1. The van der Waals surface area contributed by atoms with Crippen LogP contribution >= 0.6 is 0 Å². The molecule has 2 heterocycles. The van der Waals surface area contributed by atoms with Gasteiger partial charge in [-0.05, 0) is 5.56 Å². The van der Waals surface area contributed by atoms with Crippen LogP contribution in [0.25, 0.3) is 0 Å². The van der Waals surface area contributed by atoms with Crippen LogP contribution in [0.2, 0.25) is 0 Å². The molecule has 17 heavy (non-hydrogen) atoms. The van der Waals surface area contributed by atoms with Crippen molar-refractivity contribution in [1.82, 2.24) is 10.2 Å². The molecular weight excluding hydrogens is 212 g/mol. The third-order valence-corrected chi connectivity index (χ3v) is 3.64. The topological polar surface area (TPSA) is 32.3 Å². The summed E-state index contributed by atoms with van der Waals surface area (Å²) >= 11 is 0. The summed E-state index contributed by atoms with van der Waals surface area (Å²) in [5, 5.41) is 3.39. The molecule has 0 aromatic heterocycles. The number of hydrogen-bond acceptors (Lipinski definition) is 2. The molecule has 3 heteroatoms. The summed E-state index contributed by atoms with van der Waals surface area (Å²) in [5.74, 6) is 0.155. The summed E-state index contributed by atoms with van der Waals surface area (Å²) in [6.45, 7) is 2.55. The van der Waals surface area contributed by atoms with Gasteiger partial charge in [0.05, 0.1) is 5.54 Å². The van der Waals surface area contributed by atoms with E-state index in [2.05, 4.69) is 23.5 Å². The lowest BCUT2D eigenvalue weighted by Gasteiger charge is -2.42. The number of carbonyl (C=O) groups is 1. The van der Waals surface area contributed by atoms with Crippen LogP contribution in [-0.4, -0.2) is 36.0 Å². The number of carbonyl (C=O) groups excluding carboxylic acids is 1. The first-order chi connectivity index (χ1) is 8.30. The zero-order chi connectivity index (χ0) is 11.7. The molecule has 1 amide bonds. The highest BCUT2D eigenvalue weighted by atomic mass is 16.2. The van der Waals surface area contributed by atoms with Crippen molar-refractivity contribution in [2.75, 3.05) is 19.6 Å². The lowest BCUT2D eigenvalue weighted by molar-refractivity contribution is -0.129. The van der Waals surface area contributed by atoms with Gasteiger partial charge in [-0.15, -0.1) is 0 Å². The largest absolute Gasteiger partial charge is 0.327 e. The molecule has 0 radical (unpaired) electrons. The van der Waals surface area contributed by atoms with Crippen LogP contribution in [0.4, 0.5) is 0 Å². The van der Waals surface area contributed by atoms with Gasteiger partial charge in [0.15, 0.2) is 0 Å². The maximum atomic E-state index is 11.8. The Morgan fingerprint density at radius 3 is 2.94 bits per heavy atom. The molecule has 1 N–H and O–H groups in total. The predicted molar refractivity (Wildman–Crippen MR) is 66.6 cm³/mol. The van der Waals surface area contributed by atoms with E-state index in [0.717, 1.165) is 26.1 Å². The van der Waals surface area contributed by atoms with Crippen LogP contribution in [0, 0.1) is 0 Å². The minimum absolute atomic E-state index is 0.142. The van der Waals surface area contributed by atoms with E-state index in [-0.39, 0.29) is 11.4 Å². The standard InChI is InChI=1S/C14H16N2O/c17-13-6-7-14(11-15-8-9-16(13)14)10-12-4-2-1-3-5-12/h1-7,15H,8-11H2. The molecule has 88 valence electrons. The van der Waals surface area contributed by atoms with Crippen LogP contribution < -0.4 is 5.32 Å². The van der Waals surface area contributed by atoms with Gasteiger partial charge in [0, 0.05) is 32.1 Å². The number of piperazine rings is 1. The maximum Gasteiger partial charge on any atom is 0.247 e. The number of fused-ring (bicyclic) bond motifs is 1. The molecule has 2 aliphatic heterocycles. The first-order valence-corrected chi connectivity index (χ1v) is 6.06. The molecule has 0 bridgehead atoms. The first kappa shape index (κ1) is 10.5. The molecule has 1 aromatic rings. The van der Waals surface area contributed by atoms with E-state index < -0.39 is 0 Å². The second-order valence-electron chi connectivity index (χ2n) is 4.77. The Morgan fingerprint density at radius 1 is 1.29 bits per heavy atom. The van der Waals surface area contributed by atoms with Crippen molar-refractivity contribution < 1.29 is 4.79 Å². The monoisotopic (exact) mass is 228 g/mol. The van der Waals surface area contributed by atoms with Crippen molar-refractivity contribution in [2.24, 2.45) is 0 Å². The SMILES string of the molecule is O=C1C=CC2(Cc3ccccc3)CNCCN12. The van der Waals surface area contributed by atoms with Gasteiger partial charge in [-0.1, -0.05) is 36.4 Å². The smallest absolute Gasteiger partial charge is 0.247 e. The molecule has 1 saturated heterocycles. The zero-order valence-corrected chi connectivity index (χ0v) is 9.73. The van der Waals surface area contributed by atoms with Gasteiger partial charge in [-0.25, -0.2) is 0 Å². The van der Waals surface area contributed by atoms with Crippen molar-refractivity contribution in [3.8, 4) is 0 Å². The van der Waals surface area contributed by atoms with E-state index in [9.17, 15) is 4.79 Å². The summed E-state index contributed by atoms with van der Waals surface area (Å²) in [6.07, 6.45) is 4.67. The second-order valence-corrected chi connectivity index (χ2v) is 4.77. The van der Waals surface area contributed by atoms with Gasteiger partial charge in [0.25, 0.3) is 0 Å². The van der Waals surface area contributed by atoms with Gasteiger partial charge >= 0.3 is 0 Å². The van der Waals surface area contributed by atoms with E-state index in [1.165, 1.54) is 5.56 Å². The van der Waals surface area contributed by atoms with Crippen LogP contribution in [-0.2, 0) is 11.2 Å². The molecule has 1 atom stereocenters. The van der Waals surface area contributed by atoms with E-state index >= 15 is 0 Å². The Bertz CT molecular complexity index is 455. The van der Waals surface area contributed by atoms with Gasteiger partial charge in [-0.2, -0.15) is 0 Å². The van der Waals surface area contributed by atoms with Crippen molar-refractivity contribution in [3.05, 3.63) is 48.0 Å². The molecule has 0 aliphatic carbocycles. The van der Waals surface area contributed by atoms with E-state index in [0.29, 0.717) is 0 Å². The molecule has 3 rings (SSSR count). The Kier molecular flexibility index (Phi) is 2.48. The van der Waals surface area contributed by atoms with Gasteiger partial charge < -0.3 is 10.2 Å². The summed E-state index contributed by atoms with van der Waals surface area (Å²) in [7, 11) is 0. The van der Waals surface area contributed by atoms with Crippen LogP contribution in [0.3, 0.4) is 0 Å². The van der Waals surface area contributed by atoms with Crippen LogP contribution in [0.5, 0.6) is 0 Å². The summed E-state index contributed by atoms with van der Waals surface area (Å²) in [4.78, 5) is 13.8. The Morgan fingerprint density at radius 2 is 2.12 bits per heavy atom. The number of benzene rings is 1. The lowest BCUT2D eigenvalue weighted by atomic mass is 9.89. The molecule has 3 nitrogen and oxygen atoms in total. The Hall–Kier alpha value is -1.61. The highest BCUT2D eigenvalue weighted by molar-refractivity contribution is 5.91. The van der Waals surface area contributed by atoms with Crippen molar-refractivity contribution in [2.45, 2.75) is 12.0 Å². The van der Waals surface area contributed by atoms with Gasteiger partial charge in [0.2, 0.25) is 5.91 Å². The molecule has 1 fully saturated rings. The van der Waals surface area contributed by atoms with Crippen molar-refractivity contribution >= 4 is 5.91 Å². The fourth-order valence-electron chi connectivity index (χ4n) is 2.77. The van der Waals surface area contributed by atoms with Gasteiger partial charge in [-0.3, -0.25) is 4.79 Å². The predicted octanol–water partition coefficient (Wildman–Crippen LogP) is 0.969. The highest BCUT2D eigenvalue weighted by Gasteiger charge is 2.42. The molecular formula is C14H16N2O. The van der Waals surface area contributed by atoms with Crippen molar-refractivity contribution in [3.63, 3.8) is 0 Å². The highest BCUT2D eigenvalue weighted by Crippen LogP contribution is 2.29. The zero-order valence-electron chi connectivity index (χ0n) is 9.73. The van der Waals surface area contributed by atoms with E-state index in [1.807, 2.05) is 23.1 Å². The van der Waals surface area contributed by atoms with Crippen LogP contribution in [0.1, 0.15) is 5.56 Å². The summed E-state index contributed by atoms with van der Waals surface area (Å²) < 4.78 is 0. The number of hydrogen-bond donors (Lipinski definition) is 1. The number of amides is 1. The second kappa shape index (κ2) is 4.00. The summed E-state index contributed by atoms with van der Waals surface area (Å²) in [6, 6.07) is 10.4. The average molecular weight is 228 g/mol. The Balaban J connectivity index is 1.89. The molecule has 0 saturated carbocycles. The third-order valence-electron chi connectivity index (χ3n) is 3.64. The third kappa shape index (κ3) is 1.76. The van der Waals surface area contributed by atoms with Crippen molar-refractivity contribution in [1.29, 1.82) is 0 Å². The minimum atomic E-state index is -0.142. The number of nitrogens with zero attached hydrogens (tertiary/aromatic N) is 1. The van der Waals surface area contributed by atoms with Gasteiger partial charge in [0.1, 0.15) is 0 Å². The fourth-order valence-corrected chi connectivity index (χ4v) is 2.77. The van der Waals surface area contributed by atoms with E-state index in [1.54, 1.807) is 6.08 Å².